The van der Waals surface area contributed by atoms with Crippen molar-refractivity contribution in [2.24, 2.45) is 5.92 Å². The van der Waals surface area contributed by atoms with E-state index >= 15 is 0 Å². The molecule has 84 valence electrons. The van der Waals surface area contributed by atoms with Crippen molar-refractivity contribution in [3.63, 3.8) is 0 Å². The molecular formula is C11H14Cl2O2. The minimum atomic E-state index is -1.05. The van der Waals surface area contributed by atoms with Gasteiger partial charge in [0.25, 0.3) is 0 Å². The lowest BCUT2D eigenvalue weighted by Crippen LogP contribution is -2.24. The minimum Gasteiger partial charge on any atom is -0.390 e. The van der Waals surface area contributed by atoms with Crippen LogP contribution in [0.25, 0.3) is 0 Å². The lowest BCUT2D eigenvalue weighted by Gasteiger charge is -2.22. The van der Waals surface area contributed by atoms with Gasteiger partial charge in [-0.05, 0) is 18.1 Å². The Kier molecular flexibility index (Phi) is 4.41. The van der Waals surface area contributed by atoms with Crippen LogP contribution in [0.3, 0.4) is 0 Å². The van der Waals surface area contributed by atoms with Gasteiger partial charge in [-0.1, -0.05) is 43.1 Å². The molecule has 0 aliphatic carbocycles. The Bertz CT molecular complexity index is 319. The molecule has 0 amide bonds. The lowest BCUT2D eigenvalue weighted by molar-refractivity contribution is -0.00928. The van der Waals surface area contributed by atoms with Gasteiger partial charge >= 0.3 is 0 Å². The molecule has 0 saturated carbocycles. The molecule has 2 nitrogen and oxygen atoms in total. The molecule has 0 unspecified atom stereocenters. The Morgan fingerprint density at radius 1 is 1.07 bits per heavy atom. The summed E-state index contributed by atoms with van der Waals surface area (Å²) in [5, 5.41) is 20.4. The standard InChI is InChI=1S/C11H14Cl2O2/c1-6(2)10(14)11(15)9-7(12)4-3-5-8(9)13/h3-6,10-11,14-15H,1-2H3/t10-,11-/m0/s1. The third kappa shape index (κ3) is 2.85. The zero-order chi connectivity index (χ0) is 11.6. The monoisotopic (exact) mass is 248 g/mol. The van der Waals surface area contributed by atoms with Crippen molar-refractivity contribution in [3.05, 3.63) is 33.8 Å². The van der Waals surface area contributed by atoms with E-state index in [0.29, 0.717) is 15.6 Å². The van der Waals surface area contributed by atoms with Crippen LogP contribution in [0.1, 0.15) is 25.5 Å². The van der Waals surface area contributed by atoms with E-state index in [2.05, 4.69) is 0 Å². The first-order valence-electron chi connectivity index (χ1n) is 4.75. The molecule has 2 atom stereocenters. The Morgan fingerprint density at radius 3 is 1.93 bits per heavy atom. The number of aliphatic hydroxyl groups excluding tert-OH is 2. The molecular weight excluding hydrogens is 235 g/mol. The van der Waals surface area contributed by atoms with Gasteiger partial charge in [0.05, 0.1) is 6.10 Å². The summed E-state index contributed by atoms with van der Waals surface area (Å²) in [5.74, 6) is -0.0626. The SMILES string of the molecule is CC(C)[C@H](O)[C@@H](O)c1c(Cl)cccc1Cl. The van der Waals surface area contributed by atoms with E-state index in [1.807, 2.05) is 13.8 Å². The second kappa shape index (κ2) is 5.17. The van der Waals surface area contributed by atoms with Crippen LogP contribution in [-0.2, 0) is 0 Å². The highest BCUT2D eigenvalue weighted by molar-refractivity contribution is 6.36. The van der Waals surface area contributed by atoms with Crippen LogP contribution in [0, 0.1) is 5.92 Å². The molecule has 4 heteroatoms. The van der Waals surface area contributed by atoms with Crippen molar-refractivity contribution in [2.45, 2.75) is 26.1 Å². The van der Waals surface area contributed by atoms with Gasteiger partial charge in [0.1, 0.15) is 6.10 Å². The number of hydrogen-bond acceptors (Lipinski definition) is 2. The fourth-order valence-electron chi connectivity index (χ4n) is 1.33. The van der Waals surface area contributed by atoms with Crippen LogP contribution in [0.4, 0.5) is 0 Å². The molecule has 0 aliphatic heterocycles. The van der Waals surface area contributed by atoms with Gasteiger partial charge in [-0.25, -0.2) is 0 Å². The van der Waals surface area contributed by atoms with Gasteiger partial charge in [0.15, 0.2) is 0 Å². The number of benzene rings is 1. The fourth-order valence-corrected chi connectivity index (χ4v) is 1.95. The highest BCUT2D eigenvalue weighted by Gasteiger charge is 2.25. The molecule has 0 heterocycles. The summed E-state index contributed by atoms with van der Waals surface area (Å²) in [6.45, 7) is 3.64. The van der Waals surface area contributed by atoms with Gasteiger partial charge in [-0.2, -0.15) is 0 Å². The number of rotatable bonds is 3. The van der Waals surface area contributed by atoms with E-state index in [0.717, 1.165) is 0 Å². The first kappa shape index (κ1) is 12.8. The molecule has 1 aromatic carbocycles. The zero-order valence-electron chi connectivity index (χ0n) is 8.61. The fraction of sp³-hybridized carbons (Fsp3) is 0.455. The molecule has 0 saturated heterocycles. The smallest absolute Gasteiger partial charge is 0.108 e. The van der Waals surface area contributed by atoms with E-state index in [1.165, 1.54) is 0 Å². The molecule has 1 aromatic rings. The summed E-state index contributed by atoms with van der Waals surface area (Å²) >= 11 is 11.8. The molecule has 1 rings (SSSR count). The molecule has 15 heavy (non-hydrogen) atoms. The van der Waals surface area contributed by atoms with Crippen molar-refractivity contribution in [3.8, 4) is 0 Å². The van der Waals surface area contributed by atoms with E-state index in [4.69, 9.17) is 23.2 Å². The summed E-state index contributed by atoms with van der Waals surface area (Å²) < 4.78 is 0. The largest absolute Gasteiger partial charge is 0.390 e. The second-order valence-electron chi connectivity index (χ2n) is 3.81. The quantitative estimate of drug-likeness (QED) is 0.864. The highest BCUT2D eigenvalue weighted by atomic mass is 35.5. The Balaban J connectivity index is 3.05. The summed E-state index contributed by atoms with van der Waals surface area (Å²) in [4.78, 5) is 0. The Labute approximate surface area is 99.5 Å². The average Bonchev–Trinajstić information content (AvgIpc) is 2.15. The van der Waals surface area contributed by atoms with E-state index in [-0.39, 0.29) is 5.92 Å². The predicted molar refractivity (Wildman–Crippen MR) is 62.3 cm³/mol. The predicted octanol–water partition coefficient (Wildman–Crippen LogP) is 3.04. The second-order valence-corrected chi connectivity index (χ2v) is 4.63. The first-order chi connectivity index (χ1) is 6.95. The van der Waals surface area contributed by atoms with Gasteiger partial charge in [0, 0.05) is 15.6 Å². The van der Waals surface area contributed by atoms with Gasteiger partial charge < -0.3 is 10.2 Å². The third-order valence-electron chi connectivity index (χ3n) is 2.30. The van der Waals surface area contributed by atoms with Gasteiger partial charge in [-0.3, -0.25) is 0 Å². The lowest BCUT2D eigenvalue weighted by atomic mass is 9.96. The number of hydrogen-bond donors (Lipinski definition) is 2. The molecule has 0 radical (unpaired) electrons. The maximum Gasteiger partial charge on any atom is 0.108 e. The van der Waals surface area contributed by atoms with Crippen LogP contribution in [0.15, 0.2) is 18.2 Å². The van der Waals surface area contributed by atoms with Crippen LogP contribution in [0.2, 0.25) is 10.0 Å². The van der Waals surface area contributed by atoms with E-state index in [1.54, 1.807) is 18.2 Å². The van der Waals surface area contributed by atoms with Crippen molar-refractivity contribution in [1.82, 2.24) is 0 Å². The summed E-state index contributed by atoms with van der Waals surface area (Å²) in [6, 6.07) is 4.97. The van der Waals surface area contributed by atoms with Crippen LogP contribution in [-0.4, -0.2) is 16.3 Å². The zero-order valence-corrected chi connectivity index (χ0v) is 10.1. The van der Waals surface area contributed by atoms with Crippen LogP contribution in [0.5, 0.6) is 0 Å². The van der Waals surface area contributed by atoms with Gasteiger partial charge in [0.2, 0.25) is 0 Å². The van der Waals surface area contributed by atoms with Crippen molar-refractivity contribution >= 4 is 23.2 Å². The highest BCUT2D eigenvalue weighted by Crippen LogP contribution is 2.33. The summed E-state index contributed by atoms with van der Waals surface area (Å²) in [6.07, 6.45) is -1.92. The van der Waals surface area contributed by atoms with Crippen molar-refractivity contribution in [2.75, 3.05) is 0 Å². The number of aliphatic hydroxyl groups is 2. The third-order valence-corrected chi connectivity index (χ3v) is 2.96. The summed E-state index contributed by atoms with van der Waals surface area (Å²) in [5.41, 5.74) is 0.391. The van der Waals surface area contributed by atoms with Gasteiger partial charge in [-0.15, -0.1) is 0 Å². The minimum absolute atomic E-state index is 0.0626. The molecule has 0 fully saturated rings. The molecule has 0 bridgehead atoms. The Morgan fingerprint density at radius 2 is 1.53 bits per heavy atom. The topological polar surface area (TPSA) is 40.5 Å². The normalized spacial score (nSPS) is 15.4. The molecule has 2 N–H and O–H groups in total. The Hall–Kier alpha value is -0.280. The van der Waals surface area contributed by atoms with Crippen molar-refractivity contribution < 1.29 is 10.2 Å². The van der Waals surface area contributed by atoms with Crippen LogP contribution >= 0.6 is 23.2 Å². The molecule has 0 aliphatic rings. The first-order valence-corrected chi connectivity index (χ1v) is 5.50. The van der Waals surface area contributed by atoms with Crippen molar-refractivity contribution in [1.29, 1.82) is 0 Å². The van der Waals surface area contributed by atoms with Crippen LogP contribution < -0.4 is 0 Å². The maximum atomic E-state index is 9.90. The summed E-state index contributed by atoms with van der Waals surface area (Å²) in [7, 11) is 0. The average molecular weight is 249 g/mol. The van der Waals surface area contributed by atoms with E-state index < -0.39 is 12.2 Å². The van der Waals surface area contributed by atoms with E-state index in [9.17, 15) is 10.2 Å². The number of halogens is 2. The molecule has 0 aromatic heterocycles. The molecule has 0 spiro atoms. The maximum absolute atomic E-state index is 9.90.